The van der Waals surface area contributed by atoms with E-state index < -0.39 is 0 Å². The lowest BCUT2D eigenvalue weighted by molar-refractivity contribution is -0.145. The number of esters is 1. The van der Waals surface area contributed by atoms with Crippen molar-refractivity contribution in [3.8, 4) is 5.75 Å². The standard InChI is InChI=1S/C20H20N2O4/c1-15-9-10-22-18(12-15)21-16(13-19(22)23)14-26-20(24)8-5-11-25-17-6-3-2-4-7-17/h2-4,6-7,9-10,12-13H,5,8,11,14H2,1H3. The molecule has 0 aliphatic heterocycles. The predicted octanol–water partition coefficient (Wildman–Crippen LogP) is 2.91. The number of benzene rings is 1. The molecule has 0 saturated heterocycles. The van der Waals surface area contributed by atoms with Crippen molar-refractivity contribution in [2.24, 2.45) is 0 Å². The second-order valence-corrected chi connectivity index (χ2v) is 5.94. The number of hydrogen-bond acceptors (Lipinski definition) is 5. The first-order valence-electron chi connectivity index (χ1n) is 8.44. The zero-order valence-corrected chi connectivity index (χ0v) is 14.6. The van der Waals surface area contributed by atoms with E-state index in [1.807, 2.05) is 49.4 Å². The molecule has 0 amide bonds. The Hall–Kier alpha value is -3.15. The molecule has 2 aromatic heterocycles. The summed E-state index contributed by atoms with van der Waals surface area (Å²) in [5.74, 6) is 0.435. The molecule has 0 unspecified atom stereocenters. The Morgan fingerprint density at radius 2 is 1.96 bits per heavy atom. The van der Waals surface area contributed by atoms with Crippen LogP contribution in [-0.4, -0.2) is 22.0 Å². The maximum atomic E-state index is 12.1. The van der Waals surface area contributed by atoms with Gasteiger partial charge in [-0.1, -0.05) is 18.2 Å². The fraction of sp³-hybridized carbons (Fsp3) is 0.250. The Balaban J connectivity index is 1.48. The van der Waals surface area contributed by atoms with Gasteiger partial charge in [-0.3, -0.25) is 14.0 Å². The number of nitrogens with zero attached hydrogens (tertiary/aromatic N) is 2. The SMILES string of the molecule is Cc1ccn2c(=O)cc(COC(=O)CCCOc3ccccc3)nc2c1. The predicted molar refractivity (Wildman–Crippen MR) is 97.2 cm³/mol. The van der Waals surface area contributed by atoms with Crippen molar-refractivity contribution in [3.05, 3.63) is 76.3 Å². The summed E-state index contributed by atoms with van der Waals surface area (Å²) in [5, 5.41) is 0. The number of rotatable bonds is 7. The van der Waals surface area contributed by atoms with E-state index in [2.05, 4.69) is 4.98 Å². The fourth-order valence-electron chi connectivity index (χ4n) is 2.48. The van der Waals surface area contributed by atoms with E-state index in [1.165, 1.54) is 10.5 Å². The Kier molecular flexibility index (Phi) is 5.63. The highest BCUT2D eigenvalue weighted by Gasteiger charge is 2.07. The lowest BCUT2D eigenvalue weighted by atomic mass is 10.3. The highest BCUT2D eigenvalue weighted by molar-refractivity contribution is 5.69. The van der Waals surface area contributed by atoms with Crippen molar-refractivity contribution >= 4 is 11.6 Å². The maximum Gasteiger partial charge on any atom is 0.306 e. The van der Waals surface area contributed by atoms with Gasteiger partial charge in [-0.25, -0.2) is 4.98 Å². The third-order valence-corrected chi connectivity index (χ3v) is 3.79. The molecule has 0 spiro atoms. The van der Waals surface area contributed by atoms with Gasteiger partial charge in [-0.05, 0) is 43.2 Å². The van der Waals surface area contributed by atoms with Crippen molar-refractivity contribution in [1.82, 2.24) is 9.38 Å². The number of carbonyl (C=O) groups excluding carboxylic acids is 1. The molecule has 0 bridgehead atoms. The number of fused-ring (bicyclic) bond motifs is 1. The molecular weight excluding hydrogens is 332 g/mol. The van der Waals surface area contributed by atoms with E-state index in [1.54, 1.807) is 6.20 Å². The maximum absolute atomic E-state index is 12.1. The van der Waals surface area contributed by atoms with Crippen molar-refractivity contribution in [3.63, 3.8) is 0 Å². The molecule has 26 heavy (non-hydrogen) atoms. The lowest BCUT2D eigenvalue weighted by Crippen LogP contribution is -2.16. The summed E-state index contributed by atoms with van der Waals surface area (Å²) < 4.78 is 12.2. The van der Waals surface area contributed by atoms with E-state index in [-0.39, 0.29) is 24.6 Å². The number of ether oxygens (including phenoxy) is 2. The zero-order valence-electron chi connectivity index (χ0n) is 14.6. The van der Waals surface area contributed by atoms with E-state index in [9.17, 15) is 9.59 Å². The molecule has 3 aromatic rings. The summed E-state index contributed by atoms with van der Waals surface area (Å²) in [6.07, 6.45) is 2.49. The third-order valence-electron chi connectivity index (χ3n) is 3.79. The number of pyridine rings is 1. The molecule has 0 fully saturated rings. The summed E-state index contributed by atoms with van der Waals surface area (Å²) in [5.41, 5.74) is 1.79. The molecule has 6 nitrogen and oxygen atoms in total. The molecule has 0 saturated carbocycles. The van der Waals surface area contributed by atoms with Crippen LogP contribution in [0.1, 0.15) is 24.1 Å². The molecule has 0 aliphatic rings. The van der Waals surface area contributed by atoms with Gasteiger partial charge in [0.15, 0.2) is 0 Å². The fourth-order valence-corrected chi connectivity index (χ4v) is 2.48. The summed E-state index contributed by atoms with van der Waals surface area (Å²) in [6.45, 7) is 2.35. The average Bonchev–Trinajstić information content (AvgIpc) is 2.64. The van der Waals surface area contributed by atoms with Gasteiger partial charge in [0, 0.05) is 18.7 Å². The third kappa shape index (κ3) is 4.69. The summed E-state index contributed by atoms with van der Waals surface area (Å²) in [7, 11) is 0. The van der Waals surface area contributed by atoms with Gasteiger partial charge in [-0.15, -0.1) is 0 Å². The van der Waals surface area contributed by atoms with Gasteiger partial charge in [0.2, 0.25) is 0 Å². The van der Waals surface area contributed by atoms with Crippen LogP contribution in [0.25, 0.3) is 5.65 Å². The van der Waals surface area contributed by atoms with Gasteiger partial charge in [0.05, 0.1) is 12.3 Å². The Labute approximate surface area is 151 Å². The molecule has 2 heterocycles. The second-order valence-electron chi connectivity index (χ2n) is 5.94. The normalized spacial score (nSPS) is 10.7. The van der Waals surface area contributed by atoms with Crippen molar-refractivity contribution < 1.29 is 14.3 Å². The van der Waals surface area contributed by atoms with Gasteiger partial charge >= 0.3 is 5.97 Å². The topological polar surface area (TPSA) is 69.9 Å². The number of aryl methyl sites for hydroxylation is 1. The van der Waals surface area contributed by atoms with Gasteiger partial charge < -0.3 is 9.47 Å². The van der Waals surface area contributed by atoms with Crippen LogP contribution in [0.2, 0.25) is 0 Å². The van der Waals surface area contributed by atoms with E-state index in [4.69, 9.17) is 9.47 Å². The molecule has 0 atom stereocenters. The second kappa shape index (κ2) is 8.29. The first-order valence-corrected chi connectivity index (χ1v) is 8.44. The summed E-state index contributed by atoms with van der Waals surface area (Å²) in [6, 6.07) is 14.5. The van der Waals surface area contributed by atoms with E-state index >= 15 is 0 Å². The van der Waals surface area contributed by atoms with Crippen LogP contribution in [0.4, 0.5) is 0 Å². The van der Waals surface area contributed by atoms with E-state index in [0.717, 1.165) is 11.3 Å². The molecule has 3 rings (SSSR count). The molecule has 0 aliphatic carbocycles. The van der Waals surface area contributed by atoms with Crippen LogP contribution in [0.5, 0.6) is 5.75 Å². The Bertz CT molecular complexity index is 951. The first-order chi connectivity index (χ1) is 12.6. The first kappa shape index (κ1) is 17.7. The number of para-hydroxylation sites is 1. The van der Waals surface area contributed by atoms with Crippen LogP contribution < -0.4 is 10.3 Å². The monoisotopic (exact) mass is 352 g/mol. The van der Waals surface area contributed by atoms with Crippen LogP contribution in [0.15, 0.2) is 59.5 Å². The van der Waals surface area contributed by atoms with Crippen LogP contribution in [0.3, 0.4) is 0 Å². The van der Waals surface area contributed by atoms with Gasteiger partial charge in [-0.2, -0.15) is 0 Å². The number of hydrogen-bond donors (Lipinski definition) is 0. The van der Waals surface area contributed by atoms with Gasteiger partial charge in [0.25, 0.3) is 5.56 Å². The summed E-state index contributed by atoms with van der Waals surface area (Å²) >= 11 is 0. The van der Waals surface area contributed by atoms with Crippen molar-refractivity contribution in [1.29, 1.82) is 0 Å². The van der Waals surface area contributed by atoms with Gasteiger partial charge in [0.1, 0.15) is 18.0 Å². The summed E-state index contributed by atoms with van der Waals surface area (Å²) in [4.78, 5) is 28.3. The molecule has 6 heteroatoms. The number of carbonyl (C=O) groups is 1. The van der Waals surface area contributed by atoms with E-state index in [0.29, 0.717) is 24.4 Å². The Morgan fingerprint density at radius 1 is 1.15 bits per heavy atom. The Morgan fingerprint density at radius 3 is 2.77 bits per heavy atom. The lowest BCUT2D eigenvalue weighted by Gasteiger charge is -2.07. The molecule has 1 aromatic carbocycles. The molecule has 0 radical (unpaired) electrons. The average molecular weight is 352 g/mol. The van der Waals surface area contributed by atoms with Crippen LogP contribution >= 0.6 is 0 Å². The van der Waals surface area contributed by atoms with Crippen LogP contribution in [-0.2, 0) is 16.1 Å². The molecule has 134 valence electrons. The molecule has 0 N–H and O–H groups in total. The minimum absolute atomic E-state index is 0.0158. The van der Waals surface area contributed by atoms with Crippen molar-refractivity contribution in [2.75, 3.05) is 6.61 Å². The minimum atomic E-state index is -0.340. The largest absolute Gasteiger partial charge is 0.494 e. The quantitative estimate of drug-likeness (QED) is 0.483. The highest BCUT2D eigenvalue weighted by Crippen LogP contribution is 2.09. The van der Waals surface area contributed by atoms with Crippen molar-refractivity contribution in [2.45, 2.75) is 26.4 Å². The zero-order chi connectivity index (χ0) is 18.4. The minimum Gasteiger partial charge on any atom is -0.494 e. The molecular formula is C20H20N2O4. The smallest absolute Gasteiger partial charge is 0.306 e. The number of aromatic nitrogens is 2. The highest BCUT2D eigenvalue weighted by atomic mass is 16.5. The van der Waals surface area contributed by atoms with Crippen LogP contribution in [0, 0.1) is 6.92 Å².